The van der Waals surface area contributed by atoms with Crippen molar-refractivity contribution in [3.8, 4) is 5.75 Å². The summed E-state index contributed by atoms with van der Waals surface area (Å²) in [5.41, 5.74) is 0.420. The van der Waals surface area contributed by atoms with E-state index in [1.165, 1.54) is 0 Å². The number of anilines is 1. The first-order valence-electron chi connectivity index (χ1n) is 8.47. The molecule has 1 amide bonds. The van der Waals surface area contributed by atoms with Gasteiger partial charge in [0.2, 0.25) is 15.9 Å². The number of benzene rings is 1. The van der Waals surface area contributed by atoms with Gasteiger partial charge in [0, 0.05) is 12.3 Å². The average Bonchev–Trinajstić information content (AvgIpc) is 3.13. The number of furan rings is 1. The molecule has 0 saturated heterocycles. The van der Waals surface area contributed by atoms with Gasteiger partial charge in [0.25, 0.3) is 0 Å². The maximum absolute atomic E-state index is 12.2. The highest BCUT2D eigenvalue weighted by molar-refractivity contribution is 7.98. The zero-order valence-electron chi connectivity index (χ0n) is 15.4. The maximum Gasteiger partial charge on any atom is 0.240 e. The summed E-state index contributed by atoms with van der Waals surface area (Å²) < 4.78 is 35.8. The van der Waals surface area contributed by atoms with Gasteiger partial charge in [-0.3, -0.25) is 9.10 Å². The van der Waals surface area contributed by atoms with Gasteiger partial charge in [-0.2, -0.15) is 11.8 Å². The molecule has 9 heteroatoms. The molecular weight excluding hydrogens is 388 g/mol. The molecule has 27 heavy (non-hydrogen) atoms. The van der Waals surface area contributed by atoms with Crippen molar-refractivity contribution in [1.82, 2.24) is 5.32 Å². The number of ether oxygens (including phenoxy) is 1. The number of carbonyl (C=O) groups is 1. The van der Waals surface area contributed by atoms with Crippen LogP contribution in [0, 0.1) is 0 Å². The molecule has 0 unspecified atom stereocenters. The Morgan fingerprint density at radius 1 is 1.26 bits per heavy atom. The van der Waals surface area contributed by atoms with E-state index in [1.807, 2.05) is 19.1 Å². The lowest BCUT2D eigenvalue weighted by atomic mass is 10.3. The fourth-order valence-corrected chi connectivity index (χ4v) is 3.90. The molecule has 0 radical (unpaired) electrons. The van der Waals surface area contributed by atoms with Crippen molar-refractivity contribution in [3.63, 3.8) is 0 Å². The molecule has 1 aromatic heterocycles. The number of carbonyl (C=O) groups excluding carboxylic acids is 1. The topological polar surface area (TPSA) is 88.8 Å². The highest BCUT2D eigenvalue weighted by Crippen LogP contribution is 2.21. The predicted molar refractivity (Wildman–Crippen MR) is 108 cm³/mol. The summed E-state index contributed by atoms with van der Waals surface area (Å²) in [4.78, 5) is 12.2. The Kier molecular flexibility index (Phi) is 8.05. The molecule has 2 aromatic rings. The standard InChI is InChI=1S/C18H24N2O5S2/c1-3-24-16-8-6-15(7-9-16)20(27(2,22)23)13-18(21)19-10-12-26-14-17-5-4-11-25-17/h4-9,11H,3,10,12-14H2,1-2H3,(H,19,21). The highest BCUT2D eigenvalue weighted by Gasteiger charge is 2.20. The number of thioether (sulfide) groups is 1. The van der Waals surface area contributed by atoms with Gasteiger partial charge in [-0.25, -0.2) is 8.42 Å². The second kappa shape index (κ2) is 10.3. The lowest BCUT2D eigenvalue weighted by molar-refractivity contribution is -0.119. The van der Waals surface area contributed by atoms with E-state index in [-0.39, 0.29) is 12.5 Å². The molecule has 1 aromatic carbocycles. The van der Waals surface area contributed by atoms with Crippen LogP contribution in [-0.4, -0.2) is 46.0 Å². The van der Waals surface area contributed by atoms with Gasteiger partial charge in [0.05, 0.1) is 30.6 Å². The van der Waals surface area contributed by atoms with E-state index in [4.69, 9.17) is 9.15 Å². The minimum Gasteiger partial charge on any atom is -0.494 e. The summed E-state index contributed by atoms with van der Waals surface area (Å²) in [6.45, 7) is 2.57. The van der Waals surface area contributed by atoms with Crippen molar-refractivity contribution in [2.45, 2.75) is 12.7 Å². The van der Waals surface area contributed by atoms with E-state index < -0.39 is 10.0 Å². The summed E-state index contributed by atoms with van der Waals surface area (Å²) in [5.74, 6) is 2.60. The van der Waals surface area contributed by atoms with E-state index in [0.717, 1.165) is 22.1 Å². The fourth-order valence-electron chi connectivity index (χ4n) is 2.29. The molecular formula is C18H24N2O5S2. The molecule has 7 nitrogen and oxygen atoms in total. The van der Waals surface area contributed by atoms with Crippen LogP contribution in [0.2, 0.25) is 0 Å². The van der Waals surface area contributed by atoms with E-state index in [1.54, 1.807) is 42.3 Å². The second-order valence-electron chi connectivity index (χ2n) is 5.68. The monoisotopic (exact) mass is 412 g/mol. The molecule has 0 saturated carbocycles. The van der Waals surface area contributed by atoms with Gasteiger partial charge in [-0.05, 0) is 43.3 Å². The van der Waals surface area contributed by atoms with Gasteiger partial charge in [0.15, 0.2) is 0 Å². The smallest absolute Gasteiger partial charge is 0.240 e. The van der Waals surface area contributed by atoms with E-state index in [2.05, 4.69) is 5.32 Å². The normalized spacial score (nSPS) is 11.2. The Labute approximate surface area is 164 Å². The fraction of sp³-hybridized carbons (Fsp3) is 0.389. The quantitative estimate of drug-likeness (QED) is 0.571. The Balaban J connectivity index is 1.84. The third-order valence-electron chi connectivity index (χ3n) is 3.52. The van der Waals surface area contributed by atoms with Crippen LogP contribution in [0.15, 0.2) is 47.1 Å². The van der Waals surface area contributed by atoms with E-state index in [9.17, 15) is 13.2 Å². The molecule has 0 fully saturated rings. The van der Waals surface area contributed by atoms with Crippen molar-refractivity contribution in [2.24, 2.45) is 0 Å². The molecule has 1 heterocycles. The number of nitrogens with zero attached hydrogens (tertiary/aromatic N) is 1. The summed E-state index contributed by atoms with van der Waals surface area (Å²) in [6.07, 6.45) is 2.70. The number of amides is 1. The first kappa shape index (κ1) is 21.2. The van der Waals surface area contributed by atoms with E-state index in [0.29, 0.717) is 30.3 Å². The van der Waals surface area contributed by atoms with E-state index >= 15 is 0 Å². The zero-order chi connectivity index (χ0) is 19.7. The van der Waals surface area contributed by atoms with Gasteiger partial charge in [-0.1, -0.05) is 0 Å². The molecule has 0 aliphatic heterocycles. The van der Waals surface area contributed by atoms with Gasteiger partial charge in [-0.15, -0.1) is 0 Å². The van der Waals surface area contributed by atoms with Gasteiger partial charge < -0.3 is 14.5 Å². The first-order valence-corrected chi connectivity index (χ1v) is 11.5. The van der Waals surface area contributed by atoms with Gasteiger partial charge >= 0.3 is 0 Å². The molecule has 0 aliphatic rings. The number of rotatable bonds is 11. The summed E-state index contributed by atoms with van der Waals surface area (Å²) in [7, 11) is -3.59. The van der Waals surface area contributed by atoms with Crippen LogP contribution in [0.4, 0.5) is 5.69 Å². The van der Waals surface area contributed by atoms with Gasteiger partial charge in [0.1, 0.15) is 18.1 Å². The number of nitrogens with one attached hydrogen (secondary N) is 1. The van der Waals surface area contributed by atoms with Crippen molar-refractivity contribution >= 4 is 33.4 Å². The lowest BCUT2D eigenvalue weighted by Gasteiger charge is -2.22. The summed E-state index contributed by atoms with van der Waals surface area (Å²) >= 11 is 1.63. The zero-order valence-corrected chi connectivity index (χ0v) is 17.0. The SMILES string of the molecule is CCOc1ccc(N(CC(=O)NCCSCc2ccco2)S(C)(=O)=O)cc1. The van der Waals surface area contributed by atoms with Crippen LogP contribution in [0.25, 0.3) is 0 Å². The lowest BCUT2D eigenvalue weighted by Crippen LogP contribution is -2.41. The van der Waals surface area contributed by atoms with Crippen LogP contribution in [0.3, 0.4) is 0 Å². The number of hydrogen-bond acceptors (Lipinski definition) is 6. The molecule has 0 aliphatic carbocycles. The third-order valence-corrected chi connectivity index (χ3v) is 5.64. The average molecular weight is 413 g/mol. The highest BCUT2D eigenvalue weighted by atomic mass is 32.2. The Morgan fingerprint density at radius 2 is 2.00 bits per heavy atom. The summed E-state index contributed by atoms with van der Waals surface area (Å²) in [5, 5.41) is 2.75. The van der Waals surface area contributed by atoms with Crippen LogP contribution < -0.4 is 14.4 Å². The Morgan fingerprint density at radius 3 is 2.59 bits per heavy atom. The number of sulfonamides is 1. The minimum absolute atomic E-state index is 0.268. The molecule has 0 bridgehead atoms. The van der Waals surface area contributed by atoms with Crippen LogP contribution in [0.5, 0.6) is 5.75 Å². The van der Waals surface area contributed by atoms with Crippen LogP contribution >= 0.6 is 11.8 Å². The summed E-state index contributed by atoms with van der Waals surface area (Å²) in [6, 6.07) is 10.3. The second-order valence-corrected chi connectivity index (χ2v) is 8.69. The molecule has 148 valence electrons. The molecule has 0 spiro atoms. The molecule has 0 atom stereocenters. The van der Waals surface area contributed by atoms with Crippen molar-refractivity contribution in [2.75, 3.05) is 36.0 Å². The van der Waals surface area contributed by atoms with Crippen molar-refractivity contribution in [1.29, 1.82) is 0 Å². The maximum atomic E-state index is 12.2. The number of hydrogen-bond donors (Lipinski definition) is 1. The Hall–Kier alpha value is -2.13. The first-order chi connectivity index (χ1) is 12.9. The van der Waals surface area contributed by atoms with Crippen molar-refractivity contribution < 1.29 is 22.4 Å². The molecule has 2 rings (SSSR count). The molecule has 1 N–H and O–H groups in total. The third kappa shape index (κ3) is 7.18. The van der Waals surface area contributed by atoms with Crippen LogP contribution in [-0.2, 0) is 20.6 Å². The predicted octanol–water partition coefficient (Wildman–Crippen LogP) is 2.49. The minimum atomic E-state index is -3.59. The largest absolute Gasteiger partial charge is 0.494 e. The van der Waals surface area contributed by atoms with Crippen LogP contribution in [0.1, 0.15) is 12.7 Å². The van der Waals surface area contributed by atoms with Crippen molar-refractivity contribution in [3.05, 3.63) is 48.4 Å². The Bertz CT molecular complexity index is 805.